The molecule has 0 saturated carbocycles. The van der Waals surface area contributed by atoms with Crippen molar-refractivity contribution in [1.82, 2.24) is 4.72 Å². The van der Waals surface area contributed by atoms with Gasteiger partial charge in [-0.05, 0) is 31.0 Å². The second kappa shape index (κ2) is 6.50. The highest BCUT2D eigenvalue weighted by Gasteiger charge is 2.18. The minimum Gasteiger partial charge on any atom is -0.507 e. The predicted octanol–water partition coefficient (Wildman–Crippen LogP) is 0.141. The van der Waals surface area contributed by atoms with Gasteiger partial charge in [-0.25, -0.2) is 17.9 Å². The van der Waals surface area contributed by atoms with E-state index in [1.54, 1.807) is 0 Å². The smallest absolute Gasteiger partial charge is 0.339 e. The fourth-order valence-electron chi connectivity index (χ4n) is 1.38. The van der Waals surface area contributed by atoms with E-state index in [4.69, 9.17) is 10.2 Å². The molecule has 106 valence electrons. The maximum absolute atomic E-state index is 11.8. The van der Waals surface area contributed by atoms with Crippen molar-refractivity contribution in [1.29, 1.82) is 0 Å². The molecule has 4 N–H and O–H groups in total. The summed E-state index contributed by atoms with van der Waals surface area (Å²) < 4.78 is 25.9. The van der Waals surface area contributed by atoms with Crippen LogP contribution in [0.25, 0.3) is 0 Å². The summed E-state index contributed by atoms with van der Waals surface area (Å²) in [6.07, 6.45) is 0.943. The summed E-state index contributed by atoms with van der Waals surface area (Å²) in [6.45, 7) is 0.121. The molecule has 7 nitrogen and oxygen atoms in total. The van der Waals surface area contributed by atoms with Gasteiger partial charge in [0.05, 0.1) is 4.90 Å². The third-order valence-electron chi connectivity index (χ3n) is 2.39. The molecule has 1 rings (SSSR count). The maximum Gasteiger partial charge on any atom is 0.339 e. The van der Waals surface area contributed by atoms with Gasteiger partial charge in [-0.2, -0.15) is 0 Å². The summed E-state index contributed by atoms with van der Waals surface area (Å²) in [4.78, 5) is 10.6. The lowest BCUT2D eigenvalue weighted by Crippen LogP contribution is -2.25. The molecular formula is C11H15NO6S. The minimum atomic E-state index is -3.82. The Labute approximate surface area is 110 Å². The monoisotopic (exact) mass is 289 g/mol. The van der Waals surface area contributed by atoms with Crippen molar-refractivity contribution in [3.05, 3.63) is 23.8 Å². The first-order valence-corrected chi connectivity index (χ1v) is 7.03. The third kappa shape index (κ3) is 4.19. The molecule has 0 amide bonds. The van der Waals surface area contributed by atoms with Crippen molar-refractivity contribution in [3.8, 4) is 5.75 Å². The second-order valence-electron chi connectivity index (χ2n) is 3.81. The van der Waals surface area contributed by atoms with Crippen molar-refractivity contribution >= 4 is 16.0 Å². The molecule has 0 bridgehead atoms. The average molecular weight is 289 g/mol. The molecule has 0 aliphatic rings. The molecular weight excluding hydrogens is 274 g/mol. The molecule has 0 aromatic heterocycles. The Bertz CT molecular complexity index is 554. The summed E-state index contributed by atoms with van der Waals surface area (Å²) in [6, 6.07) is 3.04. The molecule has 0 spiro atoms. The number of carbonyl (C=O) groups is 1. The highest BCUT2D eigenvalue weighted by atomic mass is 32.2. The zero-order chi connectivity index (χ0) is 14.5. The van der Waals surface area contributed by atoms with Gasteiger partial charge in [0.25, 0.3) is 0 Å². The molecule has 0 aliphatic heterocycles. The molecule has 1 aromatic carbocycles. The Balaban J connectivity index is 2.89. The number of aromatic carboxylic acids is 1. The molecule has 0 unspecified atom stereocenters. The molecule has 0 saturated heterocycles. The van der Waals surface area contributed by atoms with E-state index in [-0.39, 0.29) is 18.0 Å². The van der Waals surface area contributed by atoms with Gasteiger partial charge >= 0.3 is 5.97 Å². The normalized spacial score (nSPS) is 11.4. The van der Waals surface area contributed by atoms with Crippen LogP contribution in [0.3, 0.4) is 0 Å². The van der Waals surface area contributed by atoms with Crippen LogP contribution in [0.1, 0.15) is 23.2 Å². The van der Waals surface area contributed by atoms with Gasteiger partial charge in [0.1, 0.15) is 11.3 Å². The molecule has 8 heteroatoms. The summed E-state index contributed by atoms with van der Waals surface area (Å²) in [7, 11) is -3.82. The van der Waals surface area contributed by atoms with E-state index in [1.165, 1.54) is 0 Å². The number of hydrogen-bond donors (Lipinski definition) is 4. The fourth-order valence-corrected chi connectivity index (χ4v) is 2.48. The van der Waals surface area contributed by atoms with E-state index in [1.807, 2.05) is 0 Å². The number of aromatic hydroxyl groups is 1. The Morgan fingerprint density at radius 1 is 1.26 bits per heavy atom. The molecule has 0 aliphatic carbocycles. The number of aliphatic hydroxyl groups is 1. The fraction of sp³-hybridized carbons (Fsp3) is 0.364. The van der Waals surface area contributed by atoms with Crippen LogP contribution in [0, 0.1) is 0 Å². The topological polar surface area (TPSA) is 124 Å². The number of sulfonamides is 1. The Morgan fingerprint density at radius 2 is 1.95 bits per heavy atom. The third-order valence-corrected chi connectivity index (χ3v) is 3.84. The van der Waals surface area contributed by atoms with E-state index in [2.05, 4.69) is 4.72 Å². The maximum atomic E-state index is 11.8. The summed E-state index contributed by atoms with van der Waals surface area (Å²) in [5, 5.41) is 26.7. The van der Waals surface area contributed by atoms with Crippen molar-refractivity contribution in [3.63, 3.8) is 0 Å². The van der Waals surface area contributed by atoms with Gasteiger partial charge in [-0.3, -0.25) is 0 Å². The number of hydrogen-bond acceptors (Lipinski definition) is 5. The largest absolute Gasteiger partial charge is 0.507 e. The van der Waals surface area contributed by atoms with Crippen LogP contribution in [0.5, 0.6) is 5.75 Å². The van der Waals surface area contributed by atoms with Gasteiger partial charge in [0.2, 0.25) is 10.0 Å². The number of aliphatic hydroxyl groups excluding tert-OH is 1. The SMILES string of the molecule is O=C(O)c1cc(S(=O)(=O)NCCCCO)ccc1O. The minimum absolute atomic E-state index is 0.0237. The number of rotatable bonds is 7. The van der Waals surface area contributed by atoms with E-state index in [0.29, 0.717) is 12.8 Å². The highest BCUT2D eigenvalue weighted by Crippen LogP contribution is 2.21. The first kappa shape index (κ1) is 15.4. The van der Waals surface area contributed by atoms with E-state index in [0.717, 1.165) is 18.2 Å². The number of unbranched alkanes of at least 4 members (excludes halogenated alkanes) is 1. The summed E-state index contributed by atoms with van der Waals surface area (Å²) in [5.41, 5.74) is -0.474. The van der Waals surface area contributed by atoms with Crippen molar-refractivity contribution in [2.75, 3.05) is 13.2 Å². The van der Waals surface area contributed by atoms with Crippen molar-refractivity contribution < 1.29 is 28.5 Å². The van der Waals surface area contributed by atoms with Crippen LogP contribution in [0.15, 0.2) is 23.1 Å². The molecule has 19 heavy (non-hydrogen) atoms. The van der Waals surface area contributed by atoms with Crippen molar-refractivity contribution in [2.24, 2.45) is 0 Å². The standard InChI is InChI=1S/C11H15NO6S/c13-6-2-1-5-12-19(17,18)8-3-4-10(14)9(7-8)11(15)16/h3-4,7,12-14H,1-2,5-6H2,(H,15,16). The average Bonchev–Trinajstić information content (AvgIpc) is 2.34. The van der Waals surface area contributed by atoms with Gasteiger partial charge in [-0.15, -0.1) is 0 Å². The van der Waals surface area contributed by atoms with Gasteiger partial charge in [0.15, 0.2) is 0 Å². The van der Waals surface area contributed by atoms with Crippen LogP contribution < -0.4 is 4.72 Å². The number of nitrogens with one attached hydrogen (secondary N) is 1. The van der Waals surface area contributed by atoms with Gasteiger partial charge < -0.3 is 15.3 Å². The van der Waals surface area contributed by atoms with E-state index < -0.39 is 27.3 Å². The van der Waals surface area contributed by atoms with Gasteiger partial charge in [-0.1, -0.05) is 0 Å². The summed E-state index contributed by atoms with van der Waals surface area (Å²) in [5.74, 6) is -1.90. The lowest BCUT2D eigenvalue weighted by molar-refractivity contribution is 0.0693. The summed E-state index contributed by atoms with van der Waals surface area (Å²) >= 11 is 0. The molecule has 0 radical (unpaired) electrons. The van der Waals surface area contributed by atoms with E-state index >= 15 is 0 Å². The second-order valence-corrected chi connectivity index (χ2v) is 5.58. The number of benzene rings is 1. The lowest BCUT2D eigenvalue weighted by atomic mass is 10.2. The molecule has 0 heterocycles. The van der Waals surface area contributed by atoms with Crippen LogP contribution in [0.4, 0.5) is 0 Å². The number of carboxylic acid groups (broad SMARTS) is 1. The highest BCUT2D eigenvalue weighted by molar-refractivity contribution is 7.89. The van der Waals surface area contributed by atoms with Crippen LogP contribution >= 0.6 is 0 Å². The Hall–Kier alpha value is -1.64. The zero-order valence-corrected chi connectivity index (χ0v) is 10.9. The van der Waals surface area contributed by atoms with Gasteiger partial charge in [0, 0.05) is 13.2 Å². The quantitative estimate of drug-likeness (QED) is 0.529. The predicted molar refractivity (Wildman–Crippen MR) is 66.6 cm³/mol. The Kier molecular flexibility index (Phi) is 5.28. The van der Waals surface area contributed by atoms with E-state index in [9.17, 15) is 18.3 Å². The first-order chi connectivity index (χ1) is 8.88. The Morgan fingerprint density at radius 3 is 2.53 bits per heavy atom. The first-order valence-electron chi connectivity index (χ1n) is 5.55. The van der Waals surface area contributed by atoms with Crippen LogP contribution in [0.2, 0.25) is 0 Å². The number of carboxylic acids is 1. The molecule has 1 aromatic rings. The lowest BCUT2D eigenvalue weighted by Gasteiger charge is -2.08. The molecule has 0 fully saturated rings. The number of phenols is 1. The molecule has 0 atom stereocenters. The van der Waals surface area contributed by atoms with Crippen LogP contribution in [-0.2, 0) is 10.0 Å². The zero-order valence-electron chi connectivity index (χ0n) is 10.0. The van der Waals surface area contributed by atoms with Crippen LogP contribution in [-0.4, -0.2) is 42.9 Å². The van der Waals surface area contributed by atoms with Crippen molar-refractivity contribution in [2.45, 2.75) is 17.7 Å².